The number of hydrogen-bond donors (Lipinski definition) is 1. The highest BCUT2D eigenvalue weighted by Gasteiger charge is 2.31. The Morgan fingerprint density at radius 2 is 1.56 bits per heavy atom. The van der Waals surface area contributed by atoms with Gasteiger partial charge in [0.25, 0.3) is 0 Å². The van der Waals surface area contributed by atoms with E-state index in [0.717, 1.165) is 42.7 Å². The Hall–Kier alpha value is -3.40. The van der Waals surface area contributed by atoms with E-state index >= 15 is 0 Å². The topological polar surface area (TPSA) is 77.0 Å². The van der Waals surface area contributed by atoms with Crippen LogP contribution in [0, 0.1) is 11.3 Å². The smallest absolute Gasteiger partial charge is 0.181 e. The van der Waals surface area contributed by atoms with E-state index in [4.69, 9.17) is 5.26 Å². The zero-order valence-corrected chi connectivity index (χ0v) is 19.8. The molecule has 1 aliphatic rings. The van der Waals surface area contributed by atoms with Gasteiger partial charge in [0.05, 0.1) is 21.8 Å². The first-order chi connectivity index (χ1) is 16.5. The van der Waals surface area contributed by atoms with Crippen LogP contribution >= 0.6 is 0 Å². The van der Waals surface area contributed by atoms with Crippen LogP contribution in [-0.4, -0.2) is 43.2 Å². The number of hydrogen-bond acceptors (Lipinski definition) is 4. The predicted octanol–water partition coefficient (Wildman–Crippen LogP) is 5.19. The van der Waals surface area contributed by atoms with Crippen LogP contribution in [0.2, 0.25) is 0 Å². The molecule has 0 spiro atoms. The van der Waals surface area contributed by atoms with E-state index in [1.807, 2.05) is 30.3 Å². The summed E-state index contributed by atoms with van der Waals surface area (Å²) in [5, 5.41) is 9.89. The van der Waals surface area contributed by atoms with Crippen LogP contribution in [0.5, 0.6) is 0 Å². The number of piperidine rings is 1. The molecule has 3 aromatic carbocycles. The van der Waals surface area contributed by atoms with Gasteiger partial charge in [-0.1, -0.05) is 42.5 Å². The number of nitrogens with zero attached hydrogens (tertiary/aromatic N) is 2. The fourth-order valence-corrected chi connectivity index (χ4v) is 6.56. The Morgan fingerprint density at radius 1 is 0.912 bits per heavy atom. The molecule has 6 heteroatoms. The summed E-state index contributed by atoms with van der Waals surface area (Å²) in [6, 6.07) is 24.9. The lowest BCUT2D eigenvalue weighted by atomic mass is 10.0. The number of nitriles is 1. The molecule has 0 atom stereocenters. The molecule has 5 nitrogen and oxygen atoms in total. The second-order valence-electron chi connectivity index (χ2n) is 8.91. The van der Waals surface area contributed by atoms with E-state index in [0.29, 0.717) is 23.3 Å². The largest absolute Gasteiger partial charge is 0.361 e. The molecule has 172 valence electrons. The molecule has 4 aromatic rings. The first-order valence-electron chi connectivity index (χ1n) is 11.7. The molecule has 0 radical (unpaired) electrons. The molecular formula is C28H27N3O2S. The first-order valence-corrected chi connectivity index (χ1v) is 13.2. The molecule has 5 rings (SSSR count). The highest BCUT2D eigenvalue weighted by Crippen LogP contribution is 2.28. The minimum Gasteiger partial charge on any atom is -0.361 e. The maximum absolute atomic E-state index is 13.3. The molecule has 34 heavy (non-hydrogen) atoms. The monoisotopic (exact) mass is 469 g/mol. The number of benzene rings is 3. The number of likely N-dealkylation sites (tertiary alicyclic amines) is 1. The zero-order valence-electron chi connectivity index (χ0n) is 18.9. The van der Waals surface area contributed by atoms with Crippen LogP contribution in [0.4, 0.5) is 0 Å². The van der Waals surface area contributed by atoms with Crippen LogP contribution in [0.1, 0.15) is 24.0 Å². The Bertz CT molecular complexity index is 1420. The molecule has 1 fully saturated rings. The number of H-pyrrole nitrogens is 1. The van der Waals surface area contributed by atoms with Crippen molar-refractivity contribution in [3.8, 4) is 17.2 Å². The van der Waals surface area contributed by atoms with Gasteiger partial charge < -0.3 is 9.88 Å². The van der Waals surface area contributed by atoms with Crippen LogP contribution in [0.25, 0.3) is 22.0 Å². The van der Waals surface area contributed by atoms with E-state index in [2.05, 4.69) is 40.3 Å². The van der Waals surface area contributed by atoms with Gasteiger partial charge in [0.1, 0.15) is 0 Å². The minimum atomic E-state index is -3.36. The number of aromatic nitrogens is 1. The van der Waals surface area contributed by atoms with Gasteiger partial charge in [-0.2, -0.15) is 5.26 Å². The van der Waals surface area contributed by atoms with Crippen molar-refractivity contribution in [1.29, 1.82) is 5.26 Å². The molecule has 0 aliphatic carbocycles. The summed E-state index contributed by atoms with van der Waals surface area (Å²) in [5.74, 6) is 0. The van der Waals surface area contributed by atoms with Crippen molar-refractivity contribution in [2.75, 3.05) is 19.6 Å². The Labute approximate surface area is 200 Å². The summed E-state index contributed by atoms with van der Waals surface area (Å²) in [4.78, 5) is 6.10. The van der Waals surface area contributed by atoms with Crippen molar-refractivity contribution >= 4 is 20.7 Å². The standard InChI is InChI=1S/C28H27N3O2S/c29-19-21-5-7-22(8-6-21)23-9-11-25(12-10-23)34(32,33)26-14-17-31(18-15-26)16-13-24-20-30-28-4-2-1-3-27(24)28/h1-12,20,26,30H,13-18H2. The van der Waals surface area contributed by atoms with Gasteiger partial charge in [0.2, 0.25) is 0 Å². The van der Waals surface area contributed by atoms with E-state index in [1.54, 1.807) is 24.3 Å². The highest BCUT2D eigenvalue weighted by molar-refractivity contribution is 7.92. The van der Waals surface area contributed by atoms with E-state index in [9.17, 15) is 8.42 Å². The third-order valence-electron chi connectivity index (χ3n) is 6.88. The quantitative estimate of drug-likeness (QED) is 0.422. The zero-order chi connectivity index (χ0) is 23.5. The van der Waals surface area contributed by atoms with Crippen molar-refractivity contribution in [3.63, 3.8) is 0 Å². The molecule has 0 saturated carbocycles. The number of para-hydroxylation sites is 1. The molecule has 1 N–H and O–H groups in total. The minimum absolute atomic E-state index is 0.336. The average molecular weight is 470 g/mol. The second kappa shape index (κ2) is 9.46. The lowest BCUT2D eigenvalue weighted by molar-refractivity contribution is 0.232. The van der Waals surface area contributed by atoms with Crippen molar-refractivity contribution in [2.24, 2.45) is 0 Å². The summed E-state index contributed by atoms with van der Waals surface area (Å²) < 4.78 is 26.5. The average Bonchev–Trinajstić information content (AvgIpc) is 3.31. The van der Waals surface area contributed by atoms with Gasteiger partial charge in [-0.05, 0) is 79.4 Å². The lowest BCUT2D eigenvalue weighted by Gasteiger charge is -2.31. The Kier molecular flexibility index (Phi) is 6.23. The summed E-state index contributed by atoms with van der Waals surface area (Å²) in [5.41, 5.74) is 4.98. The van der Waals surface area contributed by atoms with E-state index in [1.165, 1.54) is 10.9 Å². The third-order valence-corrected chi connectivity index (χ3v) is 9.15. The van der Waals surface area contributed by atoms with Gasteiger partial charge in [0, 0.05) is 23.6 Å². The molecule has 1 aromatic heterocycles. The van der Waals surface area contributed by atoms with Gasteiger partial charge in [-0.3, -0.25) is 0 Å². The van der Waals surface area contributed by atoms with Crippen LogP contribution in [0.15, 0.2) is 83.9 Å². The summed E-state index contributed by atoms with van der Waals surface area (Å²) in [6.45, 7) is 2.54. The van der Waals surface area contributed by atoms with Crippen molar-refractivity contribution in [3.05, 3.63) is 90.1 Å². The summed E-state index contributed by atoms with van der Waals surface area (Å²) >= 11 is 0. The number of rotatable bonds is 6. The maximum Gasteiger partial charge on any atom is 0.181 e. The van der Waals surface area contributed by atoms with Crippen molar-refractivity contribution in [2.45, 2.75) is 29.4 Å². The Balaban J connectivity index is 1.19. The SMILES string of the molecule is N#Cc1ccc(-c2ccc(S(=O)(=O)C3CCN(CCc4c[nH]c5ccccc45)CC3)cc2)cc1. The van der Waals surface area contributed by atoms with Crippen LogP contribution < -0.4 is 0 Å². The molecule has 1 saturated heterocycles. The molecule has 1 aliphatic heterocycles. The Morgan fingerprint density at radius 3 is 2.24 bits per heavy atom. The number of fused-ring (bicyclic) bond motifs is 1. The fraction of sp³-hybridized carbons (Fsp3) is 0.250. The van der Waals surface area contributed by atoms with Crippen molar-refractivity contribution in [1.82, 2.24) is 9.88 Å². The normalized spacial score (nSPS) is 15.4. The van der Waals surface area contributed by atoms with Crippen LogP contribution in [0.3, 0.4) is 0 Å². The predicted molar refractivity (Wildman–Crippen MR) is 135 cm³/mol. The number of sulfone groups is 1. The molecule has 2 heterocycles. The maximum atomic E-state index is 13.3. The van der Waals surface area contributed by atoms with E-state index < -0.39 is 9.84 Å². The van der Waals surface area contributed by atoms with Crippen molar-refractivity contribution < 1.29 is 8.42 Å². The highest BCUT2D eigenvalue weighted by atomic mass is 32.2. The molecule has 0 bridgehead atoms. The van der Waals surface area contributed by atoms with Gasteiger partial charge in [0.15, 0.2) is 9.84 Å². The molecule has 0 amide bonds. The number of aromatic amines is 1. The van der Waals surface area contributed by atoms with E-state index in [-0.39, 0.29) is 5.25 Å². The molecular weight excluding hydrogens is 442 g/mol. The van der Waals surface area contributed by atoms with Gasteiger partial charge in [-0.15, -0.1) is 0 Å². The third kappa shape index (κ3) is 4.50. The van der Waals surface area contributed by atoms with Gasteiger partial charge in [-0.25, -0.2) is 8.42 Å². The van der Waals surface area contributed by atoms with Crippen LogP contribution in [-0.2, 0) is 16.3 Å². The number of nitrogens with one attached hydrogen (secondary N) is 1. The summed E-state index contributed by atoms with van der Waals surface area (Å²) in [7, 11) is -3.36. The molecule has 0 unspecified atom stereocenters. The van der Waals surface area contributed by atoms with Gasteiger partial charge >= 0.3 is 0 Å². The second-order valence-corrected chi connectivity index (χ2v) is 11.1. The first kappa shape index (κ1) is 22.4. The lowest BCUT2D eigenvalue weighted by Crippen LogP contribution is -2.40. The fourth-order valence-electron chi connectivity index (χ4n) is 4.83. The summed E-state index contributed by atoms with van der Waals surface area (Å²) in [6.07, 6.45) is 4.36.